The smallest absolute Gasteiger partial charge is 0.306 e. The third kappa shape index (κ3) is 39.9. The second kappa shape index (κ2) is 44.4. The summed E-state index contributed by atoms with van der Waals surface area (Å²) in [4.78, 5) is 26.0. The molecule has 0 aliphatic heterocycles. The Bertz CT molecular complexity index is 1070. The van der Waals surface area contributed by atoms with Gasteiger partial charge in [-0.05, 0) is 70.6 Å². The molecule has 0 bridgehead atoms. The molecule has 0 aromatic heterocycles. The number of unbranched alkanes of at least 4 members (excludes halogenated alkanes) is 20. The second-order valence-electron chi connectivity index (χ2n) is 15.8. The number of nitrogens with one attached hydrogen (secondary N) is 1. The van der Waals surface area contributed by atoms with Gasteiger partial charge in [-0.1, -0.05) is 203 Å². The molecule has 0 rings (SSSR count). The van der Waals surface area contributed by atoms with Crippen molar-refractivity contribution in [2.75, 3.05) is 6.61 Å². The molecular weight excluding hydrogens is 707 g/mol. The SMILES string of the molecule is CC/C=C/C=C/C=C/C=C\CCCCCC(CC(=O)NC(CO)C(O)CCCCCCCCCCCCC)OC(=O)CCCCCCCCC/C=C/C/C=C/CC. The van der Waals surface area contributed by atoms with E-state index in [1.165, 1.54) is 77.0 Å². The van der Waals surface area contributed by atoms with Gasteiger partial charge in [0.25, 0.3) is 0 Å². The highest BCUT2D eigenvalue weighted by Crippen LogP contribution is 2.17. The maximum absolute atomic E-state index is 13.1. The molecule has 1 amide bonds. The fraction of sp³-hybridized carbons (Fsp3) is 0.725. The van der Waals surface area contributed by atoms with E-state index in [4.69, 9.17) is 4.74 Å². The fourth-order valence-electron chi connectivity index (χ4n) is 6.83. The highest BCUT2D eigenvalue weighted by Gasteiger charge is 2.24. The Morgan fingerprint density at radius 3 is 1.65 bits per heavy atom. The lowest BCUT2D eigenvalue weighted by Gasteiger charge is -2.24. The molecule has 328 valence electrons. The lowest BCUT2D eigenvalue weighted by Crippen LogP contribution is -2.46. The van der Waals surface area contributed by atoms with Crippen LogP contribution in [0.3, 0.4) is 0 Å². The Kier molecular flexibility index (Phi) is 42.3. The molecule has 0 aliphatic rings. The molecule has 57 heavy (non-hydrogen) atoms. The predicted molar refractivity (Wildman–Crippen MR) is 245 cm³/mol. The fourth-order valence-corrected chi connectivity index (χ4v) is 6.83. The minimum absolute atomic E-state index is 0.0453. The largest absolute Gasteiger partial charge is 0.462 e. The summed E-state index contributed by atoms with van der Waals surface area (Å²) >= 11 is 0. The van der Waals surface area contributed by atoms with Crippen LogP contribution < -0.4 is 5.32 Å². The summed E-state index contributed by atoms with van der Waals surface area (Å²) in [5, 5.41) is 23.7. The summed E-state index contributed by atoms with van der Waals surface area (Å²) in [6, 6.07) is -0.717. The quantitative estimate of drug-likeness (QED) is 0.0248. The van der Waals surface area contributed by atoms with Gasteiger partial charge in [0, 0.05) is 6.42 Å². The number of hydrogen-bond acceptors (Lipinski definition) is 5. The van der Waals surface area contributed by atoms with Crippen LogP contribution in [-0.4, -0.2) is 46.9 Å². The Balaban J connectivity index is 4.68. The lowest BCUT2D eigenvalue weighted by atomic mass is 10.0. The van der Waals surface area contributed by atoms with Crippen molar-refractivity contribution in [2.24, 2.45) is 0 Å². The first kappa shape index (κ1) is 54.3. The molecule has 6 heteroatoms. The maximum atomic E-state index is 13.1. The van der Waals surface area contributed by atoms with E-state index in [0.29, 0.717) is 19.3 Å². The second-order valence-corrected chi connectivity index (χ2v) is 15.8. The van der Waals surface area contributed by atoms with Crippen molar-refractivity contribution < 1.29 is 24.5 Å². The Hall–Kier alpha value is -2.70. The summed E-state index contributed by atoms with van der Waals surface area (Å²) in [6.07, 6.45) is 55.3. The van der Waals surface area contributed by atoms with Gasteiger partial charge in [-0.25, -0.2) is 0 Å². The van der Waals surface area contributed by atoms with Crippen LogP contribution in [0.2, 0.25) is 0 Å². The number of carbonyl (C=O) groups is 2. The average molecular weight is 796 g/mol. The highest BCUT2D eigenvalue weighted by molar-refractivity contribution is 5.77. The molecule has 0 fully saturated rings. The minimum Gasteiger partial charge on any atom is -0.462 e. The monoisotopic (exact) mass is 796 g/mol. The van der Waals surface area contributed by atoms with E-state index in [1.54, 1.807) is 0 Å². The zero-order valence-electron chi connectivity index (χ0n) is 37.2. The van der Waals surface area contributed by atoms with Gasteiger partial charge in [0.2, 0.25) is 5.91 Å². The molecule has 3 unspecified atom stereocenters. The van der Waals surface area contributed by atoms with E-state index >= 15 is 0 Å². The molecule has 0 radical (unpaired) electrons. The average Bonchev–Trinajstić information content (AvgIpc) is 3.20. The molecule has 3 N–H and O–H groups in total. The van der Waals surface area contributed by atoms with Crippen molar-refractivity contribution in [1.29, 1.82) is 0 Å². The van der Waals surface area contributed by atoms with E-state index in [2.05, 4.69) is 74.7 Å². The summed E-state index contributed by atoms with van der Waals surface area (Å²) in [6.45, 7) is 6.20. The van der Waals surface area contributed by atoms with E-state index in [-0.39, 0.29) is 24.9 Å². The number of allylic oxidation sites excluding steroid dienone is 12. The Morgan fingerprint density at radius 1 is 0.544 bits per heavy atom. The van der Waals surface area contributed by atoms with E-state index in [1.807, 2.05) is 24.3 Å². The lowest BCUT2D eigenvalue weighted by molar-refractivity contribution is -0.151. The Labute approximate surface area is 351 Å². The van der Waals surface area contributed by atoms with Crippen molar-refractivity contribution in [3.8, 4) is 0 Å². The van der Waals surface area contributed by atoms with Crippen molar-refractivity contribution in [3.05, 3.63) is 72.9 Å². The standard InChI is InChI=1S/C51H89NO5/c1-4-7-10-13-16-19-22-24-26-29-32-35-38-41-44-51(56)57-47(42-39-36-33-30-28-25-23-20-17-14-11-8-5-2)45-50(55)52-48(46-53)49(54)43-40-37-34-31-27-21-18-15-12-9-6-3/h7-8,10-11,14,16-17,19-20,23,25,28,47-49,53-54H,4-6,9,12-13,15,18,21-22,24,26-27,29-46H2,1-3H3,(H,52,55)/b10-7+,11-8+,17-14+,19-16+,23-20+,28-25-. The molecule has 0 saturated heterocycles. The van der Waals surface area contributed by atoms with Crippen molar-refractivity contribution in [1.82, 2.24) is 5.32 Å². The van der Waals surface area contributed by atoms with E-state index in [9.17, 15) is 19.8 Å². The number of aliphatic hydroxyl groups is 2. The molecule has 0 heterocycles. The normalized spacial score (nSPS) is 14.0. The molecule has 0 aliphatic carbocycles. The molecule has 0 saturated carbocycles. The van der Waals surface area contributed by atoms with Gasteiger partial charge < -0.3 is 20.3 Å². The molecule has 0 spiro atoms. The van der Waals surface area contributed by atoms with Crippen LogP contribution in [0.25, 0.3) is 0 Å². The summed E-state index contributed by atoms with van der Waals surface area (Å²) < 4.78 is 5.89. The van der Waals surface area contributed by atoms with Crippen LogP contribution in [0.1, 0.15) is 213 Å². The van der Waals surface area contributed by atoms with Crippen LogP contribution in [-0.2, 0) is 14.3 Å². The van der Waals surface area contributed by atoms with Gasteiger partial charge in [-0.3, -0.25) is 9.59 Å². The third-order valence-corrected chi connectivity index (χ3v) is 10.4. The third-order valence-electron chi connectivity index (χ3n) is 10.4. The van der Waals surface area contributed by atoms with Gasteiger partial charge in [0.1, 0.15) is 6.10 Å². The predicted octanol–water partition coefficient (Wildman–Crippen LogP) is 13.8. The summed E-state index contributed by atoms with van der Waals surface area (Å²) in [7, 11) is 0. The molecular formula is C51H89NO5. The zero-order valence-corrected chi connectivity index (χ0v) is 37.2. The number of aliphatic hydroxyl groups excluding tert-OH is 2. The number of hydrogen-bond donors (Lipinski definition) is 3. The van der Waals surface area contributed by atoms with Crippen LogP contribution in [0.15, 0.2) is 72.9 Å². The van der Waals surface area contributed by atoms with Crippen LogP contribution in [0, 0.1) is 0 Å². The van der Waals surface area contributed by atoms with Crippen LogP contribution in [0.5, 0.6) is 0 Å². The van der Waals surface area contributed by atoms with Crippen molar-refractivity contribution in [3.63, 3.8) is 0 Å². The minimum atomic E-state index is -0.801. The topological polar surface area (TPSA) is 95.9 Å². The Morgan fingerprint density at radius 2 is 1.04 bits per heavy atom. The molecule has 6 nitrogen and oxygen atoms in total. The summed E-state index contributed by atoms with van der Waals surface area (Å²) in [5.74, 6) is -0.528. The molecule has 0 aromatic carbocycles. The number of amides is 1. The van der Waals surface area contributed by atoms with Gasteiger partial charge in [0.15, 0.2) is 0 Å². The highest BCUT2D eigenvalue weighted by atomic mass is 16.5. The van der Waals surface area contributed by atoms with Crippen LogP contribution in [0.4, 0.5) is 0 Å². The summed E-state index contributed by atoms with van der Waals surface area (Å²) in [5.41, 5.74) is 0. The van der Waals surface area contributed by atoms with Gasteiger partial charge in [-0.2, -0.15) is 0 Å². The van der Waals surface area contributed by atoms with E-state index in [0.717, 1.165) is 89.9 Å². The number of ether oxygens (including phenoxy) is 1. The molecule has 3 atom stereocenters. The zero-order chi connectivity index (χ0) is 41.7. The maximum Gasteiger partial charge on any atom is 0.306 e. The van der Waals surface area contributed by atoms with Crippen molar-refractivity contribution >= 4 is 11.9 Å². The number of carbonyl (C=O) groups excluding carboxylic acids is 2. The van der Waals surface area contributed by atoms with Crippen LogP contribution >= 0.6 is 0 Å². The molecule has 0 aromatic rings. The first-order valence-corrected chi connectivity index (χ1v) is 23.7. The number of rotatable bonds is 41. The van der Waals surface area contributed by atoms with E-state index < -0.39 is 18.2 Å². The first-order valence-electron chi connectivity index (χ1n) is 23.7. The van der Waals surface area contributed by atoms with Gasteiger partial charge in [0.05, 0.1) is 25.2 Å². The van der Waals surface area contributed by atoms with Gasteiger partial charge in [-0.15, -0.1) is 0 Å². The first-order chi connectivity index (χ1) is 28.0. The van der Waals surface area contributed by atoms with Gasteiger partial charge >= 0.3 is 5.97 Å². The number of esters is 1. The van der Waals surface area contributed by atoms with Crippen molar-refractivity contribution in [2.45, 2.75) is 232 Å².